The summed E-state index contributed by atoms with van der Waals surface area (Å²) in [6.45, 7) is 6.71. The first-order chi connectivity index (χ1) is 8.85. The van der Waals surface area contributed by atoms with Crippen LogP contribution < -0.4 is 5.32 Å². The van der Waals surface area contributed by atoms with Crippen LogP contribution in [-0.2, 0) is 6.54 Å². The number of rotatable bonds is 3. The molecule has 2 heterocycles. The second kappa shape index (κ2) is 5.38. The number of aromatic nitrogens is 3. The van der Waals surface area contributed by atoms with E-state index >= 15 is 0 Å². The van der Waals surface area contributed by atoms with Crippen molar-refractivity contribution in [3.8, 4) is 5.82 Å². The molecule has 0 fully saturated rings. The van der Waals surface area contributed by atoms with E-state index in [1.54, 1.807) is 17.1 Å². The van der Waals surface area contributed by atoms with Crippen molar-refractivity contribution < 1.29 is 4.39 Å². The maximum absolute atomic E-state index is 13.4. The topological polar surface area (TPSA) is 42.7 Å². The van der Waals surface area contributed by atoms with Crippen LogP contribution in [0.5, 0.6) is 0 Å². The normalized spacial score (nSPS) is 11.8. The first-order valence-corrected chi connectivity index (χ1v) is 6.74. The van der Waals surface area contributed by atoms with Crippen molar-refractivity contribution in [1.82, 2.24) is 20.1 Å². The van der Waals surface area contributed by atoms with Gasteiger partial charge in [0.15, 0.2) is 5.82 Å². The predicted octanol–water partition coefficient (Wildman–Crippen LogP) is 3.06. The van der Waals surface area contributed by atoms with Crippen molar-refractivity contribution in [2.24, 2.45) is 0 Å². The Bertz CT molecular complexity index is 574. The van der Waals surface area contributed by atoms with Gasteiger partial charge in [0.25, 0.3) is 0 Å². The van der Waals surface area contributed by atoms with Crippen molar-refractivity contribution in [2.45, 2.75) is 32.9 Å². The van der Waals surface area contributed by atoms with E-state index < -0.39 is 0 Å². The average Bonchev–Trinajstić information content (AvgIpc) is 2.72. The van der Waals surface area contributed by atoms with E-state index in [2.05, 4.69) is 52.1 Å². The third kappa shape index (κ3) is 3.84. The minimum absolute atomic E-state index is 0.0473. The van der Waals surface area contributed by atoms with E-state index in [0.717, 1.165) is 10.0 Å². The molecule has 0 saturated heterocycles. The monoisotopic (exact) mass is 326 g/mol. The molecule has 0 aliphatic rings. The van der Waals surface area contributed by atoms with Gasteiger partial charge in [-0.2, -0.15) is 5.10 Å². The number of halogens is 2. The Kier molecular flexibility index (Phi) is 4.01. The first kappa shape index (κ1) is 14.1. The highest BCUT2D eigenvalue weighted by Crippen LogP contribution is 2.16. The van der Waals surface area contributed by atoms with Crippen LogP contribution in [0.15, 0.2) is 29.1 Å². The second-order valence-corrected chi connectivity index (χ2v) is 6.26. The van der Waals surface area contributed by atoms with Gasteiger partial charge in [-0.05, 0) is 42.8 Å². The van der Waals surface area contributed by atoms with Gasteiger partial charge < -0.3 is 5.32 Å². The minimum Gasteiger partial charge on any atom is -0.308 e. The van der Waals surface area contributed by atoms with Crippen molar-refractivity contribution in [1.29, 1.82) is 0 Å². The smallest absolute Gasteiger partial charge is 0.158 e. The Labute approximate surface area is 120 Å². The van der Waals surface area contributed by atoms with E-state index in [1.165, 1.54) is 12.3 Å². The highest BCUT2D eigenvalue weighted by Gasteiger charge is 2.13. The standard InChI is InChI=1S/C13H16BrFN4/c1-13(2,3)17-5-9-4-11(15)7-16-12(9)19-8-10(14)6-18-19/h4,6-8,17H,5H2,1-3H3. The SMILES string of the molecule is CC(C)(C)NCc1cc(F)cnc1-n1cc(Br)cn1. The molecule has 4 nitrogen and oxygen atoms in total. The predicted molar refractivity (Wildman–Crippen MR) is 75.6 cm³/mol. The molecule has 102 valence electrons. The molecule has 0 unspecified atom stereocenters. The molecule has 0 atom stereocenters. The summed E-state index contributed by atoms with van der Waals surface area (Å²) >= 11 is 3.34. The molecular weight excluding hydrogens is 311 g/mol. The summed E-state index contributed by atoms with van der Waals surface area (Å²) in [5.41, 5.74) is 0.722. The van der Waals surface area contributed by atoms with E-state index in [0.29, 0.717) is 12.4 Å². The molecule has 0 spiro atoms. The van der Waals surface area contributed by atoms with Crippen LogP contribution in [-0.4, -0.2) is 20.3 Å². The molecule has 2 rings (SSSR count). The summed E-state index contributed by atoms with van der Waals surface area (Å²) in [5, 5.41) is 7.50. The molecule has 2 aromatic heterocycles. The Hall–Kier alpha value is -1.27. The van der Waals surface area contributed by atoms with Gasteiger partial charge in [-0.3, -0.25) is 0 Å². The number of pyridine rings is 1. The summed E-state index contributed by atoms with van der Waals surface area (Å²) in [6.07, 6.45) is 4.67. The van der Waals surface area contributed by atoms with Gasteiger partial charge >= 0.3 is 0 Å². The van der Waals surface area contributed by atoms with Crippen molar-refractivity contribution in [3.63, 3.8) is 0 Å². The molecule has 0 bridgehead atoms. The molecule has 0 saturated carbocycles. The summed E-state index contributed by atoms with van der Waals surface area (Å²) in [4.78, 5) is 4.13. The fraction of sp³-hybridized carbons (Fsp3) is 0.385. The highest BCUT2D eigenvalue weighted by molar-refractivity contribution is 9.10. The van der Waals surface area contributed by atoms with Gasteiger partial charge in [0, 0.05) is 23.8 Å². The number of nitrogens with one attached hydrogen (secondary N) is 1. The van der Waals surface area contributed by atoms with Crippen LogP contribution in [0.25, 0.3) is 5.82 Å². The van der Waals surface area contributed by atoms with Crippen LogP contribution in [0.2, 0.25) is 0 Å². The minimum atomic E-state index is -0.347. The number of nitrogens with zero attached hydrogens (tertiary/aromatic N) is 3. The van der Waals surface area contributed by atoms with Gasteiger partial charge in [0.2, 0.25) is 0 Å². The fourth-order valence-electron chi connectivity index (χ4n) is 1.59. The zero-order chi connectivity index (χ0) is 14.0. The second-order valence-electron chi connectivity index (χ2n) is 5.34. The number of hydrogen-bond donors (Lipinski definition) is 1. The summed E-state index contributed by atoms with van der Waals surface area (Å²) in [7, 11) is 0. The van der Waals surface area contributed by atoms with E-state index in [-0.39, 0.29) is 11.4 Å². The van der Waals surface area contributed by atoms with Crippen molar-refractivity contribution >= 4 is 15.9 Å². The molecule has 19 heavy (non-hydrogen) atoms. The molecule has 6 heteroatoms. The molecular formula is C13H16BrFN4. The van der Waals surface area contributed by atoms with E-state index in [1.807, 2.05) is 0 Å². The molecule has 0 aliphatic heterocycles. The molecule has 0 radical (unpaired) electrons. The summed E-state index contributed by atoms with van der Waals surface area (Å²) in [5.74, 6) is 0.282. The lowest BCUT2D eigenvalue weighted by Gasteiger charge is -2.21. The van der Waals surface area contributed by atoms with Crippen molar-refractivity contribution in [2.75, 3.05) is 0 Å². The van der Waals surface area contributed by atoms with Gasteiger partial charge in [-0.15, -0.1) is 0 Å². The lowest BCUT2D eigenvalue weighted by molar-refractivity contribution is 0.422. The lowest BCUT2D eigenvalue weighted by Crippen LogP contribution is -2.35. The van der Waals surface area contributed by atoms with Crippen LogP contribution in [0.3, 0.4) is 0 Å². The summed E-state index contributed by atoms with van der Waals surface area (Å²) < 4.78 is 15.8. The third-order valence-electron chi connectivity index (χ3n) is 2.49. The van der Waals surface area contributed by atoms with Gasteiger partial charge in [0.05, 0.1) is 16.9 Å². The van der Waals surface area contributed by atoms with Crippen LogP contribution in [0.4, 0.5) is 4.39 Å². The van der Waals surface area contributed by atoms with Crippen LogP contribution in [0, 0.1) is 5.82 Å². The zero-order valence-corrected chi connectivity index (χ0v) is 12.7. The maximum atomic E-state index is 13.4. The zero-order valence-electron chi connectivity index (χ0n) is 11.1. The average molecular weight is 327 g/mol. The van der Waals surface area contributed by atoms with Gasteiger partial charge in [0.1, 0.15) is 5.82 Å². The van der Waals surface area contributed by atoms with E-state index in [9.17, 15) is 4.39 Å². The Morgan fingerprint density at radius 1 is 1.37 bits per heavy atom. The van der Waals surface area contributed by atoms with Crippen LogP contribution in [0.1, 0.15) is 26.3 Å². The fourth-order valence-corrected chi connectivity index (χ4v) is 1.87. The molecule has 0 aromatic carbocycles. The Balaban J connectivity index is 2.33. The van der Waals surface area contributed by atoms with Crippen molar-refractivity contribution in [3.05, 3.63) is 40.5 Å². The largest absolute Gasteiger partial charge is 0.308 e. The Morgan fingerprint density at radius 2 is 2.11 bits per heavy atom. The molecule has 0 amide bonds. The van der Waals surface area contributed by atoms with E-state index in [4.69, 9.17) is 0 Å². The van der Waals surface area contributed by atoms with Gasteiger partial charge in [-0.25, -0.2) is 14.1 Å². The molecule has 0 aliphatic carbocycles. The Morgan fingerprint density at radius 3 is 2.68 bits per heavy atom. The van der Waals surface area contributed by atoms with Gasteiger partial charge in [-0.1, -0.05) is 0 Å². The quantitative estimate of drug-likeness (QED) is 0.942. The molecule has 2 aromatic rings. The summed E-state index contributed by atoms with van der Waals surface area (Å²) in [6, 6.07) is 1.48. The lowest BCUT2D eigenvalue weighted by atomic mass is 10.1. The highest BCUT2D eigenvalue weighted by atomic mass is 79.9. The third-order valence-corrected chi connectivity index (χ3v) is 2.90. The molecule has 1 N–H and O–H groups in total. The maximum Gasteiger partial charge on any atom is 0.158 e. The first-order valence-electron chi connectivity index (χ1n) is 5.95. The number of hydrogen-bond acceptors (Lipinski definition) is 3. The van der Waals surface area contributed by atoms with Crippen LogP contribution >= 0.6 is 15.9 Å².